The van der Waals surface area contributed by atoms with Crippen LogP contribution in [0, 0.1) is 35.0 Å². The van der Waals surface area contributed by atoms with E-state index in [0.717, 1.165) is 30.7 Å². The average molecular weight is 222 g/mol. The van der Waals surface area contributed by atoms with Gasteiger partial charge in [0.25, 0.3) is 0 Å². The minimum absolute atomic E-state index is 0.250. The van der Waals surface area contributed by atoms with E-state index in [4.69, 9.17) is 5.26 Å². The highest BCUT2D eigenvalue weighted by molar-refractivity contribution is 4.96. The van der Waals surface area contributed by atoms with Crippen molar-refractivity contribution in [3.8, 4) is 6.07 Å². The summed E-state index contributed by atoms with van der Waals surface area (Å²) in [6, 6.07) is 2.88. The van der Waals surface area contributed by atoms with Gasteiger partial charge in [-0.05, 0) is 37.1 Å². The molecular formula is C14H26N2. The van der Waals surface area contributed by atoms with E-state index in [1.54, 1.807) is 0 Å². The molecule has 0 spiro atoms. The molecule has 0 aromatic rings. The van der Waals surface area contributed by atoms with Gasteiger partial charge in [0.15, 0.2) is 0 Å². The molecule has 92 valence electrons. The molecule has 1 saturated carbocycles. The van der Waals surface area contributed by atoms with E-state index >= 15 is 0 Å². The van der Waals surface area contributed by atoms with Gasteiger partial charge in [-0.25, -0.2) is 0 Å². The topological polar surface area (TPSA) is 35.8 Å². The predicted molar refractivity (Wildman–Crippen MR) is 67.9 cm³/mol. The molecule has 0 aromatic carbocycles. The van der Waals surface area contributed by atoms with Crippen molar-refractivity contribution in [2.75, 3.05) is 6.54 Å². The fourth-order valence-corrected chi connectivity index (χ4v) is 2.89. The molecule has 0 aromatic heterocycles. The van der Waals surface area contributed by atoms with Gasteiger partial charge >= 0.3 is 0 Å². The summed E-state index contributed by atoms with van der Waals surface area (Å²) in [4.78, 5) is 0. The van der Waals surface area contributed by atoms with Crippen LogP contribution < -0.4 is 5.32 Å². The molecule has 2 atom stereocenters. The first-order valence-corrected chi connectivity index (χ1v) is 6.69. The van der Waals surface area contributed by atoms with Crippen molar-refractivity contribution >= 4 is 0 Å². The van der Waals surface area contributed by atoms with Crippen molar-refractivity contribution < 1.29 is 0 Å². The van der Waals surface area contributed by atoms with Crippen molar-refractivity contribution in [3.05, 3.63) is 0 Å². The smallest absolute Gasteiger partial charge is 0.0672 e. The van der Waals surface area contributed by atoms with Crippen LogP contribution in [0.3, 0.4) is 0 Å². The van der Waals surface area contributed by atoms with Gasteiger partial charge in [0, 0.05) is 6.04 Å². The summed E-state index contributed by atoms with van der Waals surface area (Å²) in [7, 11) is 0. The largest absolute Gasteiger partial charge is 0.312 e. The van der Waals surface area contributed by atoms with Gasteiger partial charge in [-0.15, -0.1) is 0 Å². The first kappa shape index (κ1) is 13.5. The predicted octanol–water partition coefficient (Wildman–Crippen LogP) is 3.20. The second-order valence-corrected chi connectivity index (χ2v) is 5.83. The van der Waals surface area contributed by atoms with Crippen LogP contribution in [0.5, 0.6) is 0 Å². The third-order valence-electron chi connectivity index (χ3n) is 4.01. The molecule has 2 nitrogen and oxygen atoms in total. The molecule has 16 heavy (non-hydrogen) atoms. The number of nitriles is 1. The first-order valence-electron chi connectivity index (χ1n) is 6.69. The summed E-state index contributed by atoms with van der Waals surface area (Å²) >= 11 is 0. The fourth-order valence-electron chi connectivity index (χ4n) is 2.89. The SMILES string of the molecule is CC(C)C(CNC1CCCC1C#N)C(C)C. The fraction of sp³-hybridized carbons (Fsp3) is 0.929. The third-order valence-corrected chi connectivity index (χ3v) is 4.01. The van der Waals surface area contributed by atoms with E-state index in [1.807, 2.05) is 0 Å². The lowest BCUT2D eigenvalue weighted by atomic mass is 9.85. The molecule has 0 aliphatic heterocycles. The van der Waals surface area contributed by atoms with Crippen molar-refractivity contribution in [1.82, 2.24) is 5.32 Å². The minimum atomic E-state index is 0.250. The average Bonchev–Trinajstić information content (AvgIpc) is 2.64. The van der Waals surface area contributed by atoms with E-state index < -0.39 is 0 Å². The third kappa shape index (κ3) is 3.49. The molecule has 1 rings (SSSR count). The molecule has 2 unspecified atom stereocenters. The maximum absolute atomic E-state index is 9.03. The summed E-state index contributed by atoms with van der Waals surface area (Å²) in [6.07, 6.45) is 3.48. The monoisotopic (exact) mass is 222 g/mol. The van der Waals surface area contributed by atoms with Crippen molar-refractivity contribution in [3.63, 3.8) is 0 Å². The molecule has 0 radical (unpaired) electrons. The summed E-state index contributed by atoms with van der Waals surface area (Å²) < 4.78 is 0. The van der Waals surface area contributed by atoms with Gasteiger partial charge in [0.05, 0.1) is 12.0 Å². The first-order chi connectivity index (χ1) is 7.56. The zero-order valence-electron chi connectivity index (χ0n) is 11.2. The molecule has 1 aliphatic carbocycles. The second-order valence-electron chi connectivity index (χ2n) is 5.83. The highest BCUT2D eigenvalue weighted by Crippen LogP contribution is 2.26. The lowest BCUT2D eigenvalue weighted by Crippen LogP contribution is -2.38. The van der Waals surface area contributed by atoms with Gasteiger partial charge in [-0.1, -0.05) is 34.1 Å². The Bertz CT molecular complexity index is 232. The Kier molecular flexibility index (Phi) is 5.28. The zero-order chi connectivity index (χ0) is 12.1. The van der Waals surface area contributed by atoms with E-state index in [-0.39, 0.29) is 5.92 Å². The van der Waals surface area contributed by atoms with E-state index in [1.165, 1.54) is 12.8 Å². The van der Waals surface area contributed by atoms with Crippen molar-refractivity contribution in [1.29, 1.82) is 5.26 Å². The maximum Gasteiger partial charge on any atom is 0.0672 e. The van der Waals surface area contributed by atoms with Crippen LogP contribution in [0.15, 0.2) is 0 Å². The quantitative estimate of drug-likeness (QED) is 0.775. The Labute approximate surface area is 100 Å². The van der Waals surface area contributed by atoms with Crippen LogP contribution in [0.2, 0.25) is 0 Å². The molecule has 1 aliphatic rings. The van der Waals surface area contributed by atoms with Gasteiger partial charge in [-0.3, -0.25) is 0 Å². The van der Waals surface area contributed by atoms with E-state index in [9.17, 15) is 0 Å². The summed E-state index contributed by atoms with van der Waals surface area (Å²) in [5, 5.41) is 12.7. The Morgan fingerprint density at radius 1 is 1.19 bits per heavy atom. The number of nitrogens with zero attached hydrogens (tertiary/aromatic N) is 1. The van der Waals surface area contributed by atoms with Crippen LogP contribution in [0.4, 0.5) is 0 Å². The molecule has 0 heterocycles. The van der Waals surface area contributed by atoms with Crippen LogP contribution in [-0.2, 0) is 0 Å². The zero-order valence-corrected chi connectivity index (χ0v) is 11.2. The van der Waals surface area contributed by atoms with Gasteiger partial charge in [-0.2, -0.15) is 5.26 Å². The van der Waals surface area contributed by atoms with E-state index in [2.05, 4.69) is 39.1 Å². The maximum atomic E-state index is 9.03. The van der Waals surface area contributed by atoms with Crippen molar-refractivity contribution in [2.24, 2.45) is 23.7 Å². The van der Waals surface area contributed by atoms with Gasteiger partial charge in [0.2, 0.25) is 0 Å². The number of rotatable bonds is 5. The second kappa shape index (κ2) is 6.25. The standard InChI is InChI=1S/C14H26N2/c1-10(2)13(11(3)4)9-16-14-7-5-6-12(14)8-15/h10-14,16H,5-7,9H2,1-4H3. The molecule has 1 N–H and O–H groups in total. The molecule has 1 fully saturated rings. The summed E-state index contributed by atoms with van der Waals surface area (Å²) in [5.41, 5.74) is 0. The minimum Gasteiger partial charge on any atom is -0.312 e. The number of hydrogen-bond donors (Lipinski definition) is 1. The van der Waals surface area contributed by atoms with Crippen LogP contribution in [-0.4, -0.2) is 12.6 Å². The highest BCUT2D eigenvalue weighted by atomic mass is 14.9. The molecular weight excluding hydrogens is 196 g/mol. The van der Waals surface area contributed by atoms with Gasteiger partial charge in [0.1, 0.15) is 0 Å². The Hall–Kier alpha value is -0.550. The molecule has 2 heteroatoms. The lowest BCUT2D eigenvalue weighted by Gasteiger charge is -2.27. The normalized spacial score (nSPS) is 25.6. The highest BCUT2D eigenvalue weighted by Gasteiger charge is 2.28. The van der Waals surface area contributed by atoms with Gasteiger partial charge < -0.3 is 5.32 Å². The molecule has 0 saturated heterocycles. The number of hydrogen-bond acceptors (Lipinski definition) is 2. The molecule has 0 amide bonds. The molecule has 0 bridgehead atoms. The van der Waals surface area contributed by atoms with Crippen molar-refractivity contribution in [2.45, 2.75) is 53.0 Å². The summed E-state index contributed by atoms with van der Waals surface area (Å²) in [5.74, 6) is 2.41. The Balaban J connectivity index is 2.40. The lowest BCUT2D eigenvalue weighted by molar-refractivity contribution is 0.260. The van der Waals surface area contributed by atoms with Crippen LogP contribution in [0.1, 0.15) is 47.0 Å². The Morgan fingerprint density at radius 2 is 1.81 bits per heavy atom. The Morgan fingerprint density at radius 3 is 2.31 bits per heavy atom. The number of nitrogens with one attached hydrogen (secondary N) is 1. The van der Waals surface area contributed by atoms with E-state index in [0.29, 0.717) is 6.04 Å². The summed E-state index contributed by atoms with van der Waals surface area (Å²) in [6.45, 7) is 10.2. The van der Waals surface area contributed by atoms with Crippen LogP contribution in [0.25, 0.3) is 0 Å². The van der Waals surface area contributed by atoms with Crippen LogP contribution >= 0.6 is 0 Å².